The number of hydrogen-bond acceptors (Lipinski definition) is 0. The maximum Gasteiger partial charge on any atom is -0.0623 e. The van der Waals surface area contributed by atoms with Crippen molar-refractivity contribution in [3.8, 4) is 11.1 Å². The third-order valence-corrected chi connectivity index (χ3v) is 18.3. The predicted molar refractivity (Wildman–Crippen MR) is 163 cm³/mol. The van der Waals surface area contributed by atoms with Gasteiger partial charge in [0.15, 0.2) is 0 Å². The Labute approximate surface area is 268 Å². The molecule has 0 aromatic heterocycles. The summed E-state index contributed by atoms with van der Waals surface area (Å²) in [5, 5.41) is 2.65. The van der Waals surface area contributed by atoms with Crippen LogP contribution in [0.4, 0.5) is 0 Å². The van der Waals surface area contributed by atoms with E-state index in [1.54, 1.807) is 30.4 Å². The standard InChI is InChI=1S/C15H11.C12H10Ge.C9H13.2ClH.Zr/c1-2-6-12(7-3-1)15-11-10-13-8-4-5-9-14(13)15;1-3-7-11(8-4-1)13-12-9-5-2-6-10-12;1-6-5-7(2)9(4)8(6)3;;;/h1-11H;1-10H;6H,1-4H3;2*1H;/q-1;;-1;;;+2/p-2. The van der Waals surface area contributed by atoms with Gasteiger partial charge in [-0.2, -0.15) is 11.1 Å². The Morgan fingerprint density at radius 2 is 1.15 bits per heavy atom. The first-order chi connectivity index (χ1) is 18.5. The quantitative estimate of drug-likeness (QED) is 0.200. The van der Waals surface area contributed by atoms with Crippen LogP contribution in [0, 0.1) is 12.0 Å². The van der Waals surface area contributed by atoms with Gasteiger partial charge in [-0.05, 0) is 0 Å². The molecule has 1 atom stereocenters. The van der Waals surface area contributed by atoms with E-state index in [2.05, 4.69) is 161 Å². The Morgan fingerprint density at radius 1 is 0.675 bits per heavy atom. The fourth-order valence-corrected chi connectivity index (χ4v) is 11.7. The maximum absolute atomic E-state index is 3.36. The van der Waals surface area contributed by atoms with Gasteiger partial charge in [-0.25, -0.2) is 5.57 Å². The second-order valence-corrected chi connectivity index (χ2v) is 20.0. The molecule has 0 spiro atoms. The minimum atomic E-state index is -1.11. The molecule has 5 aromatic carbocycles. The molecular formula is C36H34Cl2GeZr-2. The Kier molecular flexibility index (Phi) is 14.6. The molecule has 0 fully saturated rings. The minimum Gasteiger partial charge on any atom is -0.150 e. The van der Waals surface area contributed by atoms with Gasteiger partial charge in [0.1, 0.15) is 0 Å². The van der Waals surface area contributed by atoms with Crippen LogP contribution in [-0.4, -0.2) is 9.98 Å². The van der Waals surface area contributed by atoms with Crippen LogP contribution in [0.15, 0.2) is 144 Å². The molecule has 4 heteroatoms. The summed E-state index contributed by atoms with van der Waals surface area (Å²) in [5.41, 5.74) is 6.86. The summed E-state index contributed by atoms with van der Waals surface area (Å²) in [6.45, 7) is 8.67. The van der Waals surface area contributed by atoms with Crippen molar-refractivity contribution in [2.45, 2.75) is 27.7 Å². The summed E-state index contributed by atoms with van der Waals surface area (Å²) >= 11 is 1.71. The van der Waals surface area contributed by atoms with E-state index in [1.165, 1.54) is 38.6 Å². The fourth-order valence-electron chi connectivity index (χ4n) is 4.56. The van der Waals surface area contributed by atoms with E-state index in [1.807, 2.05) is 0 Å². The van der Waals surface area contributed by atoms with Crippen molar-refractivity contribution < 1.29 is 46.4 Å². The van der Waals surface area contributed by atoms with Crippen LogP contribution in [-0.2, 0) is 21.6 Å². The molecule has 0 nitrogen and oxygen atoms in total. The van der Waals surface area contributed by atoms with Crippen LogP contribution < -0.4 is 33.6 Å². The third kappa shape index (κ3) is 8.99. The van der Waals surface area contributed by atoms with E-state index in [4.69, 9.17) is 0 Å². The summed E-state index contributed by atoms with van der Waals surface area (Å²) in [4.78, 5) is 0. The molecule has 0 radical (unpaired) electrons. The molecule has 0 amide bonds. The van der Waals surface area contributed by atoms with E-state index in [-0.39, 0.29) is 24.8 Å². The van der Waals surface area contributed by atoms with Gasteiger partial charge < -0.3 is 24.8 Å². The minimum absolute atomic E-state index is 0. The topological polar surface area (TPSA) is 0 Å². The second-order valence-electron chi connectivity index (χ2n) is 9.61. The summed E-state index contributed by atoms with van der Waals surface area (Å²) in [6, 6.07) is 45.3. The van der Waals surface area contributed by atoms with Gasteiger partial charge in [0.05, 0.1) is 0 Å². The molecule has 0 aliphatic heterocycles. The van der Waals surface area contributed by atoms with Gasteiger partial charge >= 0.3 is 101 Å². The Balaban J connectivity index is 0.000000211. The summed E-state index contributed by atoms with van der Waals surface area (Å²) < 4.78 is 3.16. The fraction of sp³-hybridized carbons (Fsp3) is 0.139. The van der Waals surface area contributed by atoms with Crippen molar-refractivity contribution in [3.63, 3.8) is 0 Å². The molecular weight excluding hydrogens is 667 g/mol. The van der Waals surface area contributed by atoms with Crippen LogP contribution in [0.5, 0.6) is 0 Å². The average molecular weight is 701 g/mol. The number of halogens is 2. The van der Waals surface area contributed by atoms with E-state index >= 15 is 0 Å². The van der Waals surface area contributed by atoms with E-state index in [0.717, 1.165) is 0 Å². The number of benzene rings is 4. The molecule has 0 bridgehead atoms. The van der Waals surface area contributed by atoms with Gasteiger partial charge in [-0.3, -0.25) is 6.08 Å². The van der Waals surface area contributed by atoms with E-state index in [9.17, 15) is 0 Å². The Bertz CT molecular complexity index is 1510. The first-order valence-electron chi connectivity index (χ1n) is 13.1. The Morgan fingerprint density at radius 3 is 1.60 bits per heavy atom. The van der Waals surface area contributed by atoms with E-state index in [0.29, 0.717) is 5.92 Å². The largest absolute Gasteiger partial charge is 0.150 e. The molecule has 1 unspecified atom stereocenters. The molecule has 5 aromatic rings. The van der Waals surface area contributed by atoms with Gasteiger partial charge in [0.25, 0.3) is 0 Å². The van der Waals surface area contributed by atoms with Crippen molar-refractivity contribution >= 4 is 29.5 Å². The van der Waals surface area contributed by atoms with Gasteiger partial charge in [-0.1, -0.05) is 68.7 Å². The Hall–Kier alpha value is -2.02. The van der Waals surface area contributed by atoms with Gasteiger partial charge in [0, 0.05) is 0 Å². The zero-order valence-corrected chi connectivity index (χ0v) is 29.5. The van der Waals surface area contributed by atoms with Gasteiger partial charge in [-0.15, -0.1) is 53.6 Å². The van der Waals surface area contributed by atoms with Crippen molar-refractivity contribution in [3.05, 3.63) is 150 Å². The predicted octanol–water partition coefficient (Wildman–Crippen LogP) is 2.29. The van der Waals surface area contributed by atoms with Crippen LogP contribution in [0.25, 0.3) is 21.9 Å². The van der Waals surface area contributed by atoms with Crippen molar-refractivity contribution in [2.24, 2.45) is 5.92 Å². The molecule has 0 saturated heterocycles. The normalized spacial score (nSPS) is 13.6. The molecule has 0 saturated carbocycles. The number of fused-ring (bicyclic) bond motifs is 1. The first kappa shape index (κ1) is 34.2. The molecule has 0 N–H and O–H groups in total. The molecule has 40 heavy (non-hydrogen) atoms. The average Bonchev–Trinajstić information content (AvgIpc) is 3.51. The maximum atomic E-state index is 3.36. The molecule has 0 heterocycles. The smallest absolute Gasteiger partial charge is 0.0623 e. The second kappa shape index (κ2) is 17.1. The van der Waals surface area contributed by atoms with Gasteiger partial charge in [0.2, 0.25) is 0 Å². The van der Waals surface area contributed by atoms with Crippen molar-refractivity contribution in [2.75, 3.05) is 0 Å². The van der Waals surface area contributed by atoms with Crippen LogP contribution in [0.1, 0.15) is 27.7 Å². The molecule has 202 valence electrons. The molecule has 1 aliphatic carbocycles. The van der Waals surface area contributed by atoms with Crippen LogP contribution >= 0.6 is 0 Å². The van der Waals surface area contributed by atoms with Crippen LogP contribution in [0.2, 0.25) is 0 Å². The van der Waals surface area contributed by atoms with E-state index < -0.39 is 9.98 Å². The number of allylic oxidation sites excluding steroid dienone is 4. The zero-order valence-electron chi connectivity index (χ0n) is 23.5. The SMILES string of the molecule is CC1=[C-]C(C)C(C)=C1C.[Cl-].[Cl-].[Zr+2]=[Ge]([c]1ccccc1)[c]1ccccc1.c1ccc(-c2c[cH-]c3ccccc23)cc1. The summed E-state index contributed by atoms with van der Waals surface area (Å²) in [7, 11) is -1.11. The van der Waals surface area contributed by atoms with Crippen LogP contribution in [0.3, 0.4) is 0 Å². The molecule has 6 rings (SSSR count). The number of rotatable bonds is 3. The third-order valence-electron chi connectivity index (χ3n) is 7.13. The zero-order chi connectivity index (χ0) is 26.9. The van der Waals surface area contributed by atoms with Crippen molar-refractivity contribution in [1.29, 1.82) is 0 Å². The summed E-state index contributed by atoms with van der Waals surface area (Å²) in [5.74, 6) is 0.560. The first-order valence-corrected chi connectivity index (χ1v) is 22.7. The van der Waals surface area contributed by atoms with Crippen molar-refractivity contribution in [1.82, 2.24) is 0 Å². The monoisotopic (exact) mass is 700 g/mol. The number of hydrogen-bond donors (Lipinski definition) is 0. The molecule has 1 aliphatic rings. The summed E-state index contributed by atoms with van der Waals surface area (Å²) in [6.07, 6.45) is 3.36.